The molecule has 0 saturated heterocycles. The lowest BCUT2D eigenvalue weighted by Crippen LogP contribution is -2.27. The minimum absolute atomic E-state index is 0.0513. The van der Waals surface area contributed by atoms with E-state index in [9.17, 15) is 9.59 Å². The van der Waals surface area contributed by atoms with Gasteiger partial charge in [-0.1, -0.05) is 0 Å². The number of aromatic nitrogens is 2. The van der Waals surface area contributed by atoms with Gasteiger partial charge in [0.15, 0.2) is 0 Å². The number of nitrogens with zero attached hydrogens (tertiary/aromatic N) is 1. The lowest BCUT2D eigenvalue weighted by molar-refractivity contribution is 0.0690. The second-order valence-corrected chi connectivity index (χ2v) is 6.20. The highest BCUT2D eigenvalue weighted by Gasteiger charge is 2.23. The van der Waals surface area contributed by atoms with Crippen LogP contribution in [-0.4, -0.2) is 27.0 Å². The molecule has 2 aromatic heterocycles. The number of thiazole rings is 1. The van der Waals surface area contributed by atoms with Gasteiger partial charge in [0.05, 0.1) is 11.6 Å². The number of hydrogen-bond acceptors (Lipinski definition) is 4. The topological polar surface area (TPSA) is 95.1 Å². The Kier molecular flexibility index (Phi) is 4.13. The molecule has 1 atom stereocenters. The minimum atomic E-state index is -1.07. The maximum absolute atomic E-state index is 12.4. The molecule has 0 fully saturated rings. The molecule has 2 rings (SSSR count). The Hall–Kier alpha value is -2.15. The highest BCUT2D eigenvalue weighted by molar-refractivity contribution is 7.11. The quantitative estimate of drug-likeness (QED) is 0.809. The summed E-state index contributed by atoms with van der Waals surface area (Å²) in [6.45, 7) is 7.12. The molecule has 0 aromatic carbocycles. The molecule has 0 radical (unpaired) electrons. The number of H-pyrrole nitrogens is 1. The molecule has 0 aliphatic rings. The molecule has 112 valence electrons. The molecule has 2 heterocycles. The SMILES string of the molecule is Cc1cnc(C(C)NC(=O)c2c(C)[nH]c(C(=O)O)c2C)s1. The van der Waals surface area contributed by atoms with E-state index in [4.69, 9.17) is 5.11 Å². The van der Waals surface area contributed by atoms with Crippen LogP contribution in [0.3, 0.4) is 0 Å². The van der Waals surface area contributed by atoms with E-state index in [1.807, 2.05) is 13.8 Å². The van der Waals surface area contributed by atoms with E-state index >= 15 is 0 Å². The first-order valence-corrected chi connectivity index (χ1v) is 7.28. The van der Waals surface area contributed by atoms with Crippen molar-refractivity contribution in [3.8, 4) is 0 Å². The van der Waals surface area contributed by atoms with Crippen LogP contribution in [0.2, 0.25) is 0 Å². The van der Waals surface area contributed by atoms with Gasteiger partial charge in [-0.05, 0) is 33.3 Å². The number of carboxylic acids is 1. The van der Waals surface area contributed by atoms with Crippen LogP contribution < -0.4 is 5.32 Å². The number of aryl methyl sites for hydroxylation is 2. The van der Waals surface area contributed by atoms with Crippen LogP contribution in [0.4, 0.5) is 0 Å². The molecule has 0 aliphatic heterocycles. The molecular formula is C14H17N3O3S. The van der Waals surface area contributed by atoms with Crippen LogP contribution in [0.5, 0.6) is 0 Å². The lowest BCUT2D eigenvalue weighted by atomic mass is 10.1. The first kappa shape index (κ1) is 15.2. The molecule has 0 saturated carbocycles. The van der Waals surface area contributed by atoms with Crippen LogP contribution in [0.1, 0.15) is 55.0 Å². The summed E-state index contributed by atoms with van der Waals surface area (Å²) in [6.07, 6.45) is 1.76. The summed E-state index contributed by atoms with van der Waals surface area (Å²) in [5.74, 6) is -1.37. The van der Waals surface area contributed by atoms with Crippen molar-refractivity contribution in [1.82, 2.24) is 15.3 Å². The van der Waals surface area contributed by atoms with Gasteiger partial charge in [0.2, 0.25) is 0 Å². The van der Waals surface area contributed by atoms with E-state index in [0.29, 0.717) is 16.8 Å². The van der Waals surface area contributed by atoms with Crippen molar-refractivity contribution < 1.29 is 14.7 Å². The van der Waals surface area contributed by atoms with Crippen molar-refractivity contribution in [2.24, 2.45) is 0 Å². The van der Waals surface area contributed by atoms with Gasteiger partial charge in [-0.3, -0.25) is 4.79 Å². The number of amides is 1. The number of nitrogens with one attached hydrogen (secondary N) is 2. The number of carboxylic acid groups (broad SMARTS) is 1. The molecule has 0 bridgehead atoms. The van der Waals surface area contributed by atoms with Crippen LogP contribution in [0.25, 0.3) is 0 Å². The zero-order chi connectivity index (χ0) is 15.7. The van der Waals surface area contributed by atoms with Gasteiger partial charge >= 0.3 is 5.97 Å². The van der Waals surface area contributed by atoms with E-state index in [-0.39, 0.29) is 17.6 Å². The molecular weight excluding hydrogens is 290 g/mol. The van der Waals surface area contributed by atoms with Crippen molar-refractivity contribution >= 4 is 23.2 Å². The van der Waals surface area contributed by atoms with E-state index in [2.05, 4.69) is 15.3 Å². The summed E-state index contributed by atoms with van der Waals surface area (Å²) in [6, 6.07) is -0.224. The molecule has 1 amide bonds. The fourth-order valence-corrected chi connectivity index (χ4v) is 2.98. The maximum atomic E-state index is 12.4. The Balaban J connectivity index is 2.23. The van der Waals surface area contributed by atoms with Gasteiger partial charge in [-0.2, -0.15) is 0 Å². The smallest absolute Gasteiger partial charge is 0.352 e. The molecule has 6 nitrogen and oxygen atoms in total. The number of rotatable bonds is 4. The average Bonchev–Trinajstić information content (AvgIpc) is 2.93. The predicted octanol–water partition coefficient (Wildman–Crippen LogP) is 2.59. The largest absolute Gasteiger partial charge is 0.477 e. The Morgan fingerprint density at radius 2 is 2.05 bits per heavy atom. The monoisotopic (exact) mass is 307 g/mol. The standard InChI is InChI=1S/C14H17N3O3S/c1-6-5-15-13(21-6)9(4)17-12(18)10-7(2)11(14(19)20)16-8(10)3/h5,9,16H,1-4H3,(H,17,18)(H,19,20). The highest BCUT2D eigenvalue weighted by atomic mass is 32.1. The summed E-state index contributed by atoms with van der Waals surface area (Å²) in [5, 5.41) is 12.8. The minimum Gasteiger partial charge on any atom is -0.477 e. The maximum Gasteiger partial charge on any atom is 0.352 e. The Labute approximate surface area is 126 Å². The van der Waals surface area contributed by atoms with Gasteiger partial charge in [0.25, 0.3) is 5.91 Å². The van der Waals surface area contributed by atoms with Crippen molar-refractivity contribution in [2.75, 3.05) is 0 Å². The number of aromatic carboxylic acids is 1. The second kappa shape index (κ2) is 5.69. The Bertz CT molecular complexity index is 702. The molecule has 2 aromatic rings. The second-order valence-electron chi connectivity index (χ2n) is 4.93. The summed E-state index contributed by atoms with van der Waals surface area (Å²) in [7, 11) is 0. The third-order valence-corrected chi connectivity index (χ3v) is 4.33. The van der Waals surface area contributed by atoms with Crippen molar-refractivity contribution in [2.45, 2.75) is 33.7 Å². The van der Waals surface area contributed by atoms with E-state index in [1.165, 1.54) is 11.3 Å². The van der Waals surface area contributed by atoms with Gasteiger partial charge in [0, 0.05) is 16.8 Å². The molecule has 7 heteroatoms. The zero-order valence-corrected chi connectivity index (χ0v) is 13.1. The normalized spacial score (nSPS) is 12.2. The van der Waals surface area contributed by atoms with Crippen LogP contribution in [0, 0.1) is 20.8 Å². The molecule has 1 unspecified atom stereocenters. The van der Waals surface area contributed by atoms with Gasteiger partial charge in [0.1, 0.15) is 10.7 Å². The van der Waals surface area contributed by atoms with E-state index in [1.54, 1.807) is 20.0 Å². The first-order chi connectivity index (χ1) is 9.81. The predicted molar refractivity (Wildman–Crippen MR) is 80.0 cm³/mol. The van der Waals surface area contributed by atoms with E-state index < -0.39 is 5.97 Å². The van der Waals surface area contributed by atoms with Crippen molar-refractivity contribution in [3.05, 3.63) is 38.6 Å². The van der Waals surface area contributed by atoms with Crippen LogP contribution in [0.15, 0.2) is 6.20 Å². The zero-order valence-electron chi connectivity index (χ0n) is 12.3. The van der Waals surface area contributed by atoms with Gasteiger partial charge < -0.3 is 15.4 Å². The van der Waals surface area contributed by atoms with E-state index in [0.717, 1.165) is 9.88 Å². The van der Waals surface area contributed by atoms with Gasteiger partial charge in [-0.25, -0.2) is 9.78 Å². The number of aromatic amines is 1. The summed E-state index contributed by atoms with van der Waals surface area (Å²) >= 11 is 1.52. The number of hydrogen-bond donors (Lipinski definition) is 3. The fourth-order valence-electron chi connectivity index (χ4n) is 2.21. The third kappa shape index (κ3) is 2.97. The third-order valence-electron chi connectivity index (χ3n) is 3.24. The summed E-state index contributed by atoms with van der Waals surface area (Å²) < 4.78 is 0. The lowest BCUT2D eigenvalue weighted by Gasteiger charge is -2.11. The summed E-state index contributed by atoms with van der Waals surface area (Å²) in [4.78, 5) is 31.5. The van der Waals surface area contributed by atoms with Crippen LogP contribution >= 0.6 is 11.3 Å². The Morgan fingerprint density at radius 3 is 2.52 bits per heavy atom. The molecule has 0 aliphatic carbocycles. The first-order valence-electron chi connectivity index (χ1n) is 6.47. The molecule has 0 spiro atoms. The van der Waals surface area contributed by atoms with Crippen molar-refractivity contribution in [3.63, 3.8) is 0 Å². The fraction of sp³-hybridized carbons (Fsp3) is 0.357. The summed E-state index contributed by atoms with van der Waals surface area (Å²) in [5.41, 5.74) is 1.42. The molecule has 3 N–H and O–H groups in total. The van der Waals surface area contributed by atoms with Gasteiger partial charge in [-0.15, -0.1) is 11.3 Å². The van der Waals surface area contributed by atoms with Crippen LogP contribution in [-0.2, 0) is 0 Å². The number of carbonyl (C=O) groups is 2. The molecule has 21 heavy (non-hydrogen) atoms. The van der Waals surface area contributed by atoms with Crippen molar-refractivity contribution in [1.29, 1.82) is 0 Å². The number of carbonyl (C=O) groups excluding carboxylic acids is 1. The highest BCUT2D eigenvalue weighted by Crippen LogP contribution is 2.22. The Morgan fingerprint density at radius 1 is 1.38 bits per heavy atom. The average molecular weight is 307 g/mol.